The van der Waals surface area contributed by atoms with Gasteiger partial charge < -0.3 is 10.4 Å². The average Bonchev–Trinajstić information content (AvgIpc) is 4.02. The van der Waals surface area contributed by atoms with Gasteiger partial charge in [0.1, 0.15) is 22.4 Å². The van der Waals surface area contributed by atoms with E-state index in [-0.39, 0.29) is 6.61 Å². The Kier molecular flexibility index (Phi) is 11.0. The van der Waals surface area contributed by atoms with Crippen LogP contribution in [0.2, 0.25) is 0 Å². The molecule has 10 aromatic rings. The van der Waals surface area contributed by atoms with Gasteiger partial charge in [-0.15, -0.1) is 5.10 Å². The van der Waals surface area contributed by atoms with Crippen molar-refractivity contribution in [2.45, 2.75) is 17.6 Å². The van der Waals surface area contributed by atoms with Crippen LogP contribution in [0.1, 0.15) is 50.1 Å². The zero-order valence-corrected chi connectivity index (χ0v) is 35.1. The van der Waals surface area contributed by atoms with Crippen LogP contribution in [0, 0.1) is 0 Å². The first-order valence-electron chi connectivity index (χ1n) is 21.4. The van der Waals surface area contributed by atoms with E-state index in [9.17, 15) is 5.11 Å². The standard InChI is InChI=1S/C56H45N7O/c64-37-36-50(43-39-57-62(41-43)40-42-22-8-1-9-23-42)51-38-52(59-55(44-24-10-2-11-25-44,45-26-12-3-13-27-45)46-28-14-4-15-29-46)58-54-53(51)60-61-63(54)56(47-30-16-5-17-31-47,48-32-18-6-19-33-48)49-34-20-7-21-35-49/h1-36,38-39,41,64H,37,40H2,(H,58,59)/b50-36-. The van der Waals surface area contributed by atoms with Crippen molar-refractivity contribution in [3.63, 3.8) is 0 Å². The summed E-state index contributed by atoms with van der Waals surface area (Å²) in [5, 5.41) is 29.8. The van der Waals surface area contributed by atoms with Crippen LogP contribution >= 0.6 is 0 Å². The molecule has 3 aromatic heterocycles. The highest BCUT2D eigenvalue weighted by atomic mass is 16.2. The summed E-state index contributed by atoms with van der Waals surface area (Å²) in [7, 11) is 0. The summed E-state index contributed by atoms with van der Waals surface area (Å²) < 4.78 is 3.89. The first kappa shape index (κ1) is 39.9. The smallest absolute Gasteiger partial charge is 0.182 e. The highest BCUT2D eigenvalue weighted by Crippen LogP contribution is 2.45. The topological polar surface area (TPSA) is 93.7 Å². The number of benzene rings is 7. The number of aromatic nitrogens is 6. The largest absolute Gasteiger partial charge is 0.392 e. The van der Waals surface area contributed by atoms with Crippen LogP contribution in [0.15, 0.2) is 237 Å². The number of hydrogen-bond donors (Lipinski definition) is 2. The molecule has 0 aliphatic rings. The van der Waals surface area contributed by atoms with Crippen LogP contribution < -0.4 is 5.32 Å². The Morgan fingerprint density at radius 1 is 0.562 bits per heavy atom. The van der Waals surface area contributed by atoms with Crippen molar-refractivity contribution in [1.82, 2.24) is 29.8 Å². The SMILES string of the molecule is OC/C=C(/c1cnn(Cc2ccccc2)c1)c1cc(NC(c2ccccc2)(c2ccccc2)c2ccccc2)nc2c1nnn2C(c1ccccc1)(c1ccccc1)c1ccccc1. The summed E-state index contributed by atoms with van der Waals surface area (Å²) in [6.45, 7) is 0.368. The van der Waals surface area contributed by atoms with E-state index < -0.39 is 11.1 Å². The number of rotatable bonds is 14. The highest BCUT2D eigenvalue weighted by Gasteiger charge is 2.42. The molecule has 0 aliphatic carbocycles. The number of fused-ring (bicyclic) bond motifs is 1. The molecule has 0 saturated carbocycles. The first-order valence-corrected chi connectivity index (χ1v) is 21.4. The second-order valence-corrected chi connectivity index (χ2v) is 15.7. The molecule has 0 saturated heterocycles. The maximum Gasteiger partial charge on any atom is 0.182 e. The molecule has 0 atom stereocenters. The third-order valence-electron chi connectivity index (χ3n) is 12.0. The molecule has 8 heteroatoms. The van der Waals surface area contributed by atoms with Crippen molar-refractivity contribution >= 4 is 22.6 Å². The molecule has 0 spiro atoms. The van der Waals surface area contributed by atoms with E-state index in [1.165, 1.54) is 0 Å². The van der Waals surface area contributed by atoms with E-state index in [1.807, 2.05) is 88.5 Å². The lowest BCUT2D eigenvalue weighted by Gasteiger charge is -2.38. The molecule has 0 amide bonds. The molecule has 8 nitrogen and oxygen atoms in total. The van der Waals surface area contributed by atoms with Crippen molar-refractivity contribution in [3.8, 4) is 0 Å². The molecule has 3 heterocycles. The van der Waals surface area contributed by atoms with Crippen molar-refractivity contribution < 1.29 is 5.11 Å². The molecule has 0 aliphatic heterocycles. The summed E-state index contributed by atoms with van der Waals surface area (Å²) in [5.41, 5.74) is 8.67. The van der Waals surface area contributed by atoms with Gasteiger partial charge >= 0.3 is 0 Å². The summed E-state index contributed by atoms with van der Waals surface area (Å²) in [4.78, 5) is 5.61. The predicted molar refractivity (Wildman–Crippen MR) is 255 cm³/mol. The van der Waals surface area contributed by atoms with Crippen LogP contribution in [0.3, 0.4) is 0 Å². The number of pyridine rings is 1. The van der Waals surface area contributed by atoms with Crippen molar-refractivity contribution in [1.29, 1.82) is 0 Å². The number of nitrogens with zero attached hydrogens (tertiary/aromatic N) is 6. The molecule has 310 valence electrons. The van der Waals surface area contributed by atoms with Crippen molar-refractivity contribution in [2.75, 3.05) is 11.9 Å². The Labute approximate surface area is 372 Å². The van der Waals surface area contributed by atoms with Crippen LogP contribution in [0.25, 0.3) is 16.7 Å². The Balaban J connectivity index is 1.28. The molecule has 0 radical (unpaired) electrons. The number of hydrogen-bond acceptors (Lipinski definition) is 6. The normalized spacial score (nSPS) is 12.0. The fraction of sp³-hybridized carbons (Fsp3) is 0.0714. The highest BCUT2D eigenvalue weighted by molar-refractivity contribution is 5.94. The zero-order valence-electron chi connectivity index (χ0n) is 35.1. The van der Waals surface area contributed by atoms with Gasteiger partial charge in [-0.05, 0) is 50.6 Å². The number of anilines is 1. The van der Waals surface area contributed by atoms with Crippen molar-refractivity contribution in [2.24, 2.45) is 0 Å². The van der Waals surface area contributed by atoms with Gasteiger partial charge in [0.05, 0.1) is 19.3 Å². The Bertz CT molecular complexity index is 2930. The lowest BCUT2D eigenvalue weighted by Crippen LogP contribution is -2.39. The number of aliphatic hydroxyl groups is 1. The molecule has 2 N–H and O–H groups in total. The third kappa shape index (κ3) is 7.25. The molecule has 64 heavy (non-hydrogen) atoms. The average molecular weight is 832 g/mol. The minimum absolute atomic E-state index is 0.218. The third-order valence-corrected chi connectivity index (χ3v) is 12.0. The second-order valence-electron chi connectivity index (χ2n) is 15.7. The fourth-order valence-electron chi connectivity index (χ4n) is 9.11. The van der Waals surface area contributed by atoms with E-state index in [1.54, 1.807) is 0 Å². The first-order chi connectivity index (χ1) is 31.7. The lowest BCUT2D eigenvalue weighted by molar-refractivity contribution is 0.343. The summed E-state index contributed by atoms with van der Waals surface area (Å²) in [6, 6.07) is 75.0. The molecule has 10 rings (SSSR count). The zero-order chi connectivity index (χ0) is 43.2. The Morgan fingerprint density at radius 3 is 1.45 bits per heavy atom. The Hall–Kier alpha value is -8.20. The van der Waals surface area contributed by atoms with Gasteiger partial charge in [-0.1, -0.05) is 224 Å². The summed E-state index contributed by atoms with van der Waals surface area (Å²) in [5.74, 6) is 0.575. The van der Waals surface area contributed by atoms with Gasteiger partial charge in [-0.25, -0.2) is 9.67 Å². The van der Waals surface area contributed by atoms with Crippen LogP contribution in [0.5, 0.6) is 0 Å². The van der Waals surface area contributed by atoms with Gasteiger partial charge in [0.2, 0.25) is 0 Å². The van der Waals surface area contributed by atoms with Gasteiger partial charge in [-0.2, -0.15) is 5.10 Å². The Morgan fingerprint density at radius 2 is 1.00 bits per heavy atom. The van der Waals surface area contributed by atoms with E-state index >= 15 is 0 Å². The van der Waals surface area contributed by atoms with Crippen molar-refractivity contribution in [3.05, 3.63) is 287 Å². The molecule has 7 aromatic carbocycles. The van der Waals surface area contributed by atoms with Crippen LogP contribution in [-0.4, -0.2) is 41.5 Å². The van der Waals surface area contributed by atoms with Crippen LogP contribution in [0.4, 0.5) is 5.82 Å². The molecule has 0 bridgehead atoms. The van der Waals surface area contributed by atoms with Gasteiger partial charge in [0, 0.05) is 17.3 Å². The minimum Gasteiger partial charge on any atom is -0.392 e. The molecule has 0 fully saturated rings. The monoisotopic (exact) mass is 831 g/mol. The molecular weight excluding hydrogens is 787 g/mol. The maximum absolute atomic E-state index is 10.8. The number of aliphatic hydroxyl groups excluding tert-OH is 1. The van der Waals surface area contributed by atoms with E-state index in [2.05, 4.69) is 163 Å². The van der Waals surface area contributed by atoms with Gasteiger partial charge in [-0.3, -0.25) is 4.68 Å². The summed E-state index contributed by atoms with van der Waals surface area (Å²) in [6.07, 6.45) is 5.68. The van der Waals surface area contributed by atoms with Gasteiger partial charge in [0.25, 0.3) is 0 Å². The van der Waals surface area contributed by atoms with E-state index in [0.29, 0.717) is 23.5 Å². The summed E-state index contributed by atoms with van der Waals surface area (Å²) >= 11 is 0. The van der Waals surface area contributed by atoms with E-state index in [0.717, 1.165) is 55.6 Å². The molecular formula is C56H45N7O. The maximum atomic E-state index is 10.8. The molecule has 0 unspecified atom stereocenters. The second kappa shape index (κ2) is 17.6. The quantitative estimate of drug-likeness (QED) is 0.106. The predicted octanol–water partition coefficient (Wildman–Crippen LogP) is 10.7. The van der Waals surface area contributed by atoms with Gasteiger partial charge in [0.15, 0.2) is 5.65 Å². The fourth-order valence-corrected chi connectivity index (χ4v) is 9.11. The lowest BCUT2D eigenvalue weighted by atomic mass is 9.77. The minimum atomic E-state index is -1.02. The van der Waals surface area contributed by atoms with E-state index in [4.69, 9.17) is 20.4 Å². The number of nitrogens with one attached hydrogen (secondary N) is 1. The van der Waals surface area contributed by atoms with Crippen LogP contribution in [-0.2, 0) is 17.6 Å².